The van der Waals surface area contributed by atoms with Gasteiger partial charge in [0.25, 0.3) is 0 Å². The quantitative estimate of drug-likeness (QED) is 0.702. The summed E-state index contributed by atoms with van der Waals surface area (Å²) in [6.07, 6.45) is 0.898. The highest BCUT2D eigenvalue weighted by Crippen LogP contribution is 2.20. The van der Waals surface area contributed by atoms with Gasteiger partial charge in [0.05, 0.1) is 11.0 Å². The standard InChI is InChI=1S/C8H11NOS/c1-6(5-10)9-8-4-3-7(2)11-8/h3-6,9H,1-2H3. The van der Waals surface area contributed by atoms with Crippen molar-refractivity contribution in [2.45, 2.75) is 19.9 Å². The highest BCUT2D eigenvalue weighted by molar-refractivity contribution is 7.16. The Hall–Kier alpha value is -0.830. The third-order valence-electron chi connectivity index (χ3n) is 1.31. The van der Waals surface area contributed by atoms with Gasteiger partial charge in [0.1, 0.15) is 6.29 Å². The lowest BCUT2D eigenvalue weighted by molar-refractivity contribution is -0.108. The summed E-state index contributed by atoms with van der Waals surface area (Å²) in [5, 5.41) is 4.12. The molecule has 0 spiro atoms. The van der Waals surface area contributed by atoms with Gasteiger partial charge >= 0.3 is 0 Å². The molecule has 3 heteroatoms. The van der Waals surface area contributed by atoms with Crippen LogP contribution in [0, 0.1) is 6.92 Å². The lowest BCUT2D eigenvalue weighted by Crippen LogP contribution is -2.14. The Morgan fingerprint density at radius 1 is 1.64 bits per heavy atom. The predicted molar refractivity (Wildman–Crippen MR) is 48.2 cm³/mol. The Kier molecular flexibility index (Phi) is 2.65. The van der Waals surface area contributed by atoms with Crippen molar-refractivity contribution in [1.29, 1.82) is 0 Å². The van der Waals surface area contributed by atoms with Gasteiger partial charge in [-0.3, -0.25) is 0 Å². The van der Waals surface area contributed by atoms with Crippen molar-refractivity contribution in [3.05, 3.63) is 17.0 Å². The predicted octanol–water partition coefficient (Wildman–Crippen LogP) is 2.06. The van der Waals surface area contributed by atoms with E-state index in [0.29, 0.717) is 0 Å². The maximum Gasteiger partial charge on any atom is 0.141 e. The molecule has 1 aromatic rings. The smallest absolute Gasteiger partial charge is 0.141 e. The molecule has 0 radical (unpaired) electrons. The molecule has 11 heavy (non-hydrogen) atoms. The van der Waals surface area contributed by atoms with Gasteiger partial charge in [-0.2, -0.15) is 0 Å². The van der Waals surface area contributed by atoms with Gasteiger partial charge < -0.3 is 10.1 Å². The van der Waals surface area contributed by atoms with Gasteiger partial charge in [-0.05, 0) is 26.0 Å². The molecule has 0 fully saturated rings. The summed E-state index contributed by atoms with van der Waals surface area (Å²) >= 11 is 1.66. The van der Waals surface area contributed by atoms with E-state index in [1.165, 1.54) is 4.88 Å². The molecular formula is C8H11NOS. The number of carbonyl (C=O) groups is 1. The van der Waals surface area contributed by atoms with Crippen LogP contribution in [-0.2, 0) is 4.79 Å². The summed E-state index contributed by atoms with van der Waals surface area (Å²) in [4.78, 5) is 11.5. The van der Waals surface area contributed by atoms with E-state index in [9.17, 15) is 4.79 Å². The second-order valence-electron chi connectivity index (χ2n) is 2.48. The van der Waals surface area contributed by atoms with E-state index < -0.39 is 0 Å². The van der Waals surface area contributed by atoms with Crippen molar-refractivity contribution in [1.82, 2.24) is 0 Å². The van der Waals surface area contributed by atoms with Gasteiger partial charge in [0.2, 0.25) is 0 Å². The first-order valence-corrected chi connectivity index (χ1v) is 4.32. The molecule has 1 rings (SSSR count). The molecule has 0 aliphatic rings. The van der Waals surface area contributed by atoms with Crippen molar-refractivity contribution in [2.75, 3.05) is 5.32 Å². The van der Waals surface area contributed by atoms with Gasteiger partial charge in [-0.15, -0.1) is 11.3 Å². The Morgan fingerprint density at radius 2 is 2.36 bits per heavy atom. The van der Waals surface area contributed by atoms with Crippen LogP contribution in [0.25, 0.3) is 0 Å². The molecule has 0 saturated carbocycles. The minimum Gasteiger partial charge on any atom is -0.368 e. The van der Waals surface area contributed by atoms with Crippen LogP contribution in [0.5, 0.6) is 0 Å². The SMILES string of the molecule is Cc1ccc(NC(C)C=O)s1. The third kappa shape index (κ3) is 2.35. The number of hydrogen-bond donors (Lipinski definition) is 1. The maximum atomic E-state index is 10.3. The summed E-state index contributed by atoms with van der Waals surface area (Å²) in [6, 6.07) is 3.93. The average molecular weight is 169 g/mol. The zero-order chi connectivity index (χ0) is 8.27. The van der Waals surface area contributed by atoms with Gasteiger partial charge in [-0.1, -0.05) is 0 Å². The van der Waals surface area contributed by atoms with Gasteiger partial charge in [-0.25, -0.2) is 0 Å². The van der Waals surface area contributed by atoms with Crippen LogP contribution in [0.4, 0.5) is 5.00 Å². The Bertz CT molecular complexity index is 244. The number of aldehydes is 1. The van der Waals surface area contributed by atoms with Gasteiger partial charge in [0, 0.05) is 4.88 Å². The molecule has 1 atom stereocenters. The highest BCUT2D eigenvalue weighted by atomic mass is 32.1. The summed E-state index contributed by atoms with van der Waals surface area (Å²) in [6.45, 7) is 3.88. The lowest BCUT2D eigenvalue weighted by atomic mass is 10.4. The number of hydrogen-bond acceptors (Lipinski definition) is 3. The fraction of sp³-hybridized carbons (Fsp3) is 0.375. The van der Waals surface area contributed by atoms with E-state index in [0.717, 1.165) is 11.3 Å². The molecule has 1 heterocycles. The van der Waals surface area contributed by atoms with Crippen LogP contribution in [0.3, 0.4) is 0 Å². The van der Waals surface area contributed by atoms with Crippen LogP contribution >= 0.6 is 11.3 Å². The molecule has 2 nitrogen and oxygen atoms in total. The molecule has 1 N–H and O–H groups in total. The van der Waals surface area contributed by atoms with Crippen LogP contribution in [0.1, 0.15) is 11.8 Å². The van der Waals surface area contributed by atoms with Crippen molar-refractivity contribution in [3.8, 4) is 0 Å². The second kappa shape index (κ2) is 3.53. The minimum absolute atomic E-state index is 0.0898. The first-order chi connectivity index (χ1) is 5.22. The van der Waals surface area contributed by atoms with Gasteiger partial charge in [0.15, 0.2) is 0 Å². The summed E-state index contributed by atoms with van der Waals surface area (Å²) < 4.78 is 0. The van der Waals surface area contributed by atoms with Crippen molar-refractivity contribution < 1.29 is 4.79 Å². The summed E-state index contributed by atoms with van der Waals surface area (Å²) in [5.74, 6) is 0. The van der Waals surface area contributed by atoms with E-state index in [-0.39, 0.29) is 6.04 Å². The molecule has 0 aliphatic heterocycles. The first kappa shape index (κ1) is 8.27. The third-order valence-corrected chi connectivity index (χ3v) is 2.25. The number of rotatable bonds is 3. The monoisotopic (exact) mass is 169 g/mol. The molecule has 60 valence electrons. The highest BCUT2D eigenvalue weighted by Gasteiger charge is 1.99. The van der Waals surface area contributed by atoms with Crippen LogP contribution in [-0.4, -0.2) is 12.3 Å². The maximum absolute atomic E-state index is 10.3. The van der Waals surface area contributed by atoms with Crippen molar-refractivity contribution >= 4 is 22.6 Å². The van der Waals surface area contributed by atoms with E-state index in [1.807, 2.05) is 26.0 Å². The Labute approximate surface area is 70.2 Å². The first-order valence-electron chi connectivity index (χ1n) is 3.50. The van der Waals surface area contributed by atoms with E-state index >= 15 is 0 Å². The fourth-order valence-electron chi connectivity index (χ4n) is 0.771. The molecule has 1 aromatic heterocycles. The number of aryl methyl sites for hydroxylation is 1. The van der Waals surface area contributed by atoms with Crippen LogP contribution < -0.4 is 5.32 Å². The van der Waals surface area contributed by atoms with Crippen LogP contribution in [0.15, 0.2) is 12.1 Å². The Morgan fingerprint density at radius 3 is 2.82 bits per heavy atom. The molecule has 0 saturated heterocycles. The average Bonchev–Trinajstić information content (AvgIpc) is 2.35. The number of anilines is 1. The molecular weight excluding hydrogens is 158 g/mol. The van der Waals surface area contributed by atoms with Crippen molar-refractivity contribution in [2.24, 2.45) is 0 Å². The molecule has 1 unspecified atom stereocenters. The number of thiophene rings is 1. The molecule has 0 aliphatic carbocycles. The van der Waals surface area contributed by atoms with Crippen LogP contribution in [0.2, 0.25) is 0 Å². The normalized spacial score (nSPS) is 12.5. The zero-order valence-corrected chi connectivity index (χ0v) is 7.44. The van der Waals surface area contributed by atoms with Crippen molar-refractivity contribution in [3.63, 3.8) is 0 Å². The number of nitrogens with one attached hydrogen (secondary N) is 1. The molecule has 0 amide bonds. The lowest BCUT2D eigenvalue weighted by Gasteiger charge is -2.04. The topological polar surface area (TPSA) is 29.1 Å². The summed E-state index contributed by atoms with van der Waals surface area (Å²) in [7, 11) is 0. The Balaban J connectivity index is 2.57. The van der Waals surface area contributed by atoms with E-state index in [2.05, 4.69) is 5.32 Å². The second-order valence-corrected chi connectivity index (χ2v) is 3.77. The fourth-order valence-corrected chi connectivity index (χ4v) is 1.63. The number of carbonyl (C=O) groups excluding carboxylic acids is 1. The molecule has 0 bridgehead atoms. The minimum atomic E-state index is -0.0898. The largest absolute Gasteiger partial charge is 0.368 e. The van der Waals surface area contributed by atoms with E-state index in [1.54, 1.807) is 11.3 Å². The summed E-state index contributed by atoms with van der Waals surface area (Å²) in [5.41, 5.74) is 0. The zero-order valence-electron chi connectivity index (χ0n) is 6.63. The molecule has 0 aromatic carbocycles. The van der Waals surface area contributed by atoms with E-state index in [4.69, 9.17) is 0 Å².